The number of aromatic amines is 1. The molecule has 0 amide bonds. The molecule has 0 aromatic carbocycles. The number of rotatable bonds is 8. The van der Waals surface area contributed by atoms with Crippen LogP contribution in [-0.4, -0.2) is 50.5 Å². The number of imidazole rings is 1. The first-order valence-corrected chi connectivity index (χ1v) is 7.37. The van der Waals surface area contributed by atoms with E-state index in [-0.39, 0.29) is 12.4 Å². The monoisotopic (exact) mass is 312 g/mol. The lowest BCUT2D eigenvalue weighted by Gasteiger charge is -2.20. The van der Waals surface area contributed by atoms with Crippen molar-refractivity contribution in [2.45, 2.75) is 39.7 Å². The highest BCUT2D eigenvalue weighted by atomic mass is 35.5. The van der Waals surface area contributed by atoms with E-state index in [1.54, 1.807) is 12.7 Å². The Balaban J connectivity index is 0.00000220. The van der Waals surface area contributed by atoms with Crippen LogP contribution < -0.4 is 5.32 Å². The molecule has 0 fully saturated rings. The summed E-state index contributed by atoms with van der Waals surface area (Å²) >= 11 is 0. The van der Waals surface area contributed by atoms with Gasteiger partial charge in [-0.05, 0) is 39.4 Å². The fourth-order valence-electron chi connectivity index (χ4n) is 2.34. The minimum atomic E-state index is 0. The SMILES string of the molecule is CCN(CC)CCCC(C)Nc1ncnc2nc[nH]c12.Cl. The summed E-state index contributed by atoms with van der Waals surface area (Å²) in [5.41, 5.74) is 1.58. The minimum Gasteiger partial charge on any atom is -0.366 e. The van der Waals surface area contributed by atoms with Crippen LogP contribution in [0, 0.1) is 0 Å². The molecule has 0 bridgehead atoms. The predicted molar refractivity (Wildman–Crippen MR) is 89.0 cm³/mol. The van der Waals surface area contributed by atoms with E-state index in [0.717, 1.165) is 37.4 Å². The zero-order valence-corrected chi connectivity index (χ0v) is 13.8. The van der Waals surface area contributed by atoms with Gasteiger partial charge < -0.3 is 15.2 Å². The average Bonchev–Trinajstić information content (AvgIpc) is 2.93. The second kappa shape index (κ2) is 8.79. The predicted octanol–water partition coefficient (Wildman–Crippen LogP) is 2.70. The first-order chi connectivity index (χ1) is 9.74. The second-order valence-corrected chi connectivity index (χ2v) is 5.04. The summed E-state index contributed by atoms with van der Waals surface area (Å²) in [5, 5.41) is 3.44. The summed E-state index contributed by atoms with van der Waals surface area (Å²) in [7, 11) is 0. The highest BCUT2D eigenvalue weighted by Gasteiger charge is 2.09. The average molecular weight is 313 g/mol. The standard InChI is InChI=1S/C14H24N6.ClH/c1-4-20(5-2)8-6-7-11(3)19-14-12-13(16-9-15-12)17-10-18-14;/h9-11H,4-8H2,1-3H3,(H2,15,16,17,18,19);1H. The van der Waals surface area contributed by atoms with E-state index < -0.39 is 0 Å². The molecule has 2 rings (SSSR count). The van der Waals surface area contributed by atoms with Crippen LogP contribution in [0.5, 0.6) is 0 Å². The first-order valence-electron chi connectivity index (χ1n) is 7.37. The van der Waals surface area contributed by atoms with Gasteiger partial charge in [0.25, 0.3) is 0 Å². The van der Waals surface area contributed by atoms with Crippen molar-refractivity contribution in [1.29, 1.82) is 0 Å². The molecule has 0 aliphatic carbocycles. The highest BCUT2D eigenvalue weighted by molar-refractivity contribution is 5.85. The van der Waals surface area contributed by atoms with Gasteiger partial charge in [0.2, 0.25) is 0 Å². The van der Waals surface area contributed by atoms with Crippen molar-refractivity contribution < 1.29 is 0 Å². The number of anilines is 1. The Bertz CT molecular complexity index is 525. The number of hydrogen-bond donors (Lipinski definition) is 2. The summed E-state index contributed by atoms with van der Waals surface area (Å²) < 4.78 is 0. The number of H-pyrrole nitrogens is 1. The lowest BCUT2D eigenvalue weighted by molar-refractivity contribution is 0.295. The molecule has 0 radical (unpaired) electrons. The van der Waals surface area contributed by atoms with Gasteiger partial charge in [-0.15, -0.1) is 12.4 Å². The van der Waals surface area contributed by atoms with Gasteiger partial charge in [-0.3, -0.25) is 0 Å². The summed E-state index contributed by atoms with van der Waals surface area (Å²) in [6.07, 6.45) is 5.51. The van der Waals surface area contributed by atoms with Crippen LogP contribution in [0.1, 0.15) is 33.6 Å². The Labute approximate surface area is 132 Å². The molecule has 0 aliphatic heterocycles. The molecule has 0 saturated carbocycles. The quantitative estimate of drug-likeness (QED) is 0.784. The third kappa shape index (κ3) is 4.82. The molecule has 6 nitrogen and oxygen atoms in total. The van der Waals surface area contributed by atoms with E-state index in [1.165, 1.54) is 6.42 Å². The molecule has 1 unspecified atom stereocenters. The molecule has 0 saturated heterocycles. The Morgan fingerprint density at radius 3 is 2.71 bits per heavy atom. The van der Waals surface area contributed by atoms with Gasteiger partial charge in [0.15, 0.2) is 11.5 Å². The molecule has 21 heavy (non-hydrogen) atoms. The lowest BCUT2D eigenvalue weighted by atomic mass is 10.1. The van der Waals surface area contributed by atoms with Gasteiger partial charge in [0.1, 0.15) is 11.8 Å². The van der Waals surface area contributed by atoms with E-state index in [4.69, 9.17) is 0 Å². The third-order valence-electron chi connectivity index (χ3n) is 3.61. The van der Waals surface area contributed by atoms with Crippen LogP contribution in [0.3, 0.4) is 0 Å². The van der Waals surface area contributed by atoms with Gasteiger partial charge >= 0.3 is 0 Å². The zero-order chi connectivity index (χ0) is 14.4. The third-order valence-corrected chi connectivity index (χ3v) is 3.61. The van der Waals surface area contributed by atoms with Gasteiger partial charge in [0.05, 0.1) is 6.33 Å². The Kier molecular flexibility index (Phi) is 7.39. The molecule has 2 N–H and O–H groups in total. The van der Waals surface area contributed by atoms with E-state index >= 15 is 0 Å². The second-order valence-electron chi connectivity index (χ2n) is 5.04. The van der Waals surface area contributed by atoms with Crippen molar-refractivity contribution in [2.75, 3.05) is 25.0 Å². The topological polar surface area (TPSA) is 69.7 Å². The van der Waals surface area contributed by atoms with Crippen molar-refractivity contribution in [1.82, 2.24) is 24.8 Å². The van der Waals surface area contributed by atoms with Crippen LogP contribution in [0.25, 0.3) is 11.2 Å². The Morgan fingerprint density at radius 1 is 1.24 bits per heavy atom. The van der Waals surface area contributed by atoms with Crippen LogP contribution >= 0.6 is 12.4 Å². The number of halogens is 1. The van der Waals surface area contributed by atoms with E-state index in [9.17, 15) is 0 Å². The molecule has 2 aromatic heterocycles. The Morgan fingerprint density at radius 2 is 2.00 bits per heavy atom. The highest BCUT2D eigenvalue weighted by Crippen LogP contribution is 2.16. The smallest absolute Gasteiger partial charge is 0.182 e. The number of aromatic nitrogens is 4. The normalized spacial score (nSPS) is 12.4. The largest absolute Gasteiger partial charge is 0.366 e. The molecule has 2 heterocycles. The van der Waals surface area contributed by atoms with Crippen molar-refractivity contribution in [3.8, 4) is 0 Å². The van der Waals surface area contributed by atoms with Gasteiger partial charge in [-0.25, -0.2) is 15.0 Å². The minimum absolute atomic E-state index is 0. The molecule has 0 aliphatic rings. The maximum atomic E-state index is 4.29. The van der Waals surface area contributed by atoms with Crippen molar-refractivity contribution in [3.63, 3.8) is 0 Å². The Hall–Kier alpha value is -1.40. The van der Waals surface area contributed by atoms with Crippen LogP contribution in [-0.2, 0) is 0 Å². The summed E-state index contributed by atoms with van der Waals surface area (Å²) in [5.74, 6) is 0.836. The van der Waals surface area contributed by atoms with Crippen LogP contribution in [0.2, 0.25) is 0 Å². The number of hydrogen-bond acceptors (Lipinski definition) is 5. The molecule has 2 aromatic rings. The fraction of sp³-hybridized carbons (Fsp3) is 0.643. The fourth-order valence-corrected chi connectivity index (χ4v) is 2.34. The lowest BCUT2D eigenvalue weighted by Crippen LogP contribution is -2.25. The van der Waals surface area contributed by atoms with Crippen LogP contribution in [0.4, 0.5) is 5.82 Å². The van der Waals surface area contributed by atoms with Crippen molar-refractivity contribution in [3.05, 3.63) is 12.7 Å². The maximum Gasteiger partial charge on any atom is 0.182 e. The molecular formula is C14H25ClN6. The number of fused-ring (bicyclic) bond motifs is 1. The number of nitrogens with zero attached hydrogens (tertiary/aromatic N) is 4. The summed E-state index contributed by atoms with van der Waals surface area (Å²) in [6.45, 7) is 10.0. The van der Waals surface area contributed by atoms with Crippen LogP contribution in [0.15, 0.2) is 12.7 Å². The summed E-state index contributed by atoms with van der Waals surface area (Å²) in [4.78, 5) is 18.1. The maximum absolute atomic E-state index is 4.29. The van der Waals surface area contributed by atoms with Gasteiger partial charge in [0, 0.05) is 6.04 Å². The van der Waals surface area contributed by atoms with Crippen molar-refractivity contribution >= 4 is 29.4 Å². The molecule has 118 valence electrons. The van der Waals surface area contributed by atoms with Gasteiger partial charge in [-0.1, -0.05) is 13.8 Å². The molecule has 0 spiro atoms. The molecular weight excluding hydrogens is 288 g/mol. The molecule has 1 atom stereocenters. The van der Waals surface area contributed by atoms with Gasteiger partial charge in [-0.2, -0.15) is 0 Å². The zero-order valence-electron chi connectivity index (χ0n) is 13.0. The van der Waals surface area contributed by atoms with E-state index in [1.807, 2.05) is 0 Å². The first kappa shape index (κ1) is 17.7. The van der Waals surface area contributed by atoms with E-state index in [0.29, 0.717) is 11.7 Å². The summed E-state index contributed by atoms with van der Waals surface area (Å²) in [6, 6.07) is 0.381. The van der Waals surface area contributed by atoms with Crippen molar-refractivity contribution in [2.24, 2.45) is 0 Å². The van der Waals surface area contributed by atoms with E-state index in [2.05, 4.69) is 50.9 Å². The molecule has 7 heteroatoms. The number of nitrogens with one attached hydrogen (secondary N) is 2.